The number of anilines is 1. The van der Waals surface area contributed by atoms with Crippen LogP contribution in [0.1, 0.15) is 25.5 Å². The molecule has 0 fully saturated rings. The van der Waals surface area contributed by atoms with Gasteiger partial charge < -0.3 is 10.4 Å². The van der Waals surface area contributed by atoms with Crippen molar-refractivity contribution in [3.8, 4) is 0 Å². The molecule has 0 aliphatic carbocycles. The van der Waals surface area contributed by atoms with E-state index in [2.05, 4.69) is 10.4 Å². The normalized spacial score (nSPS) is 10.1. The smallest absolute Gasteiger partial charge is 0.303 e. The summed E-state index contributed by atoms with van der Waals surface area (Å²) in [6.07, 6.45) is 1.39. The van der Waals surface area contributed by atoms with Gasteiger partial charge in [-0.25, -0.2) is 0 Å². The zero-order valence-corrected chi connectivity index (χ0v) is 9.36. The standard InChI is InChI=1S/C10H15N3O3/c1-3-13-7(2)8(6-11-13)12-9(14)4-5-10(15)16/h6H,3-5H2,1-2H3,(H,12,14)(H,15,16). The Morgan fingerprint density at radius 1 is 1.50 bits per heavy atom. The molecule has 1 aromatic heterocycles. The highest BCUT2D eigenvalue weighted by Gasteiger charge is 2.10. The van der Waals surface area contributed by atoms with Crippen LogP contribution in [0, 0.1) is 6.92 Å². The van der Waals surface area contributed by atoms with Crippen LogP contribution in [0.25, 0.3) is 0 Å². The molecule has 0 spiro atoms. The number of carbonyl (C=O) groups excluding carboxylic acids is 1. The van der Waals surface area contributed by atoms with Crippen molar-refractivity contribution in [3.05, 3.63) is 11.9 Å². The van der Waals surface area contributed by atoms with Crippen LogP contribution in [0.4, 0.5) is 5.69 Å². The number of hydrogen-bond donors (Lipinski definition) is 2. The number of carbonyl (C=O) groups is 2. The average molecular weight is 225 g/mol. The largest absolute Gasteiger partial charge is 0.481 e. The van der Waals surface area contributed by atoms with Crippen LogP contribution in [-0.4, -0.2) is 26.8 Å². The fourth-order valence-corrected chi connectivity index (χ4v) is 1.32. The summed E-state index contributed by atoms with van der Waals surface area (Å²) >= 11 is 0. The van der Waals surface area contributed by atoms with Crippen molar-refractivity contribution in [3.63, 3.8) is 0 Å². The van der Waals surface area contributed by atoms with E-state index in [0.717, 1.165) is 12.2 Å². The summed E-state index contributed by atoms with van der Waals surface area (Å²) in [6, 6.07) is 0. The number of aliphatic carboxylic acids is 1. The maximum Gasteiger partial charge on any atom is 0.303 e. The molecule has 0 aliphatic heterocycles. The number of nitrogens with one attached hydrogen (secondary N) is 1. The number of hydrogen-bond acceptors (Lipinski definition) is 3. The van der Waals surface area contributed by atoms with Crippen molar-refractivity contribution < 1.29 is 14.7 Å². The molecule has 0 saturated heterocycles. The molecule has 2 N–H and O–H groups in total. The molecule has 1 heterocycles. The summed E-state index contributed by atoms with van der Waals surface area (Å²) in [7, 11) is 0. The summed E-state index contributed by atoms with van der Waals surface area (Å²) < 4.78 is 1.76. The number of nitrogens with zero attached hydrogens (tertiary/aromatic N) is 2. The Balaban J connectivity index is 2.56. The van der Waals surface area contributed by atoms with Crippen molar-refractivity contribution >= 4 is 17.6 Å². The third-order valence-corrected chi connectivity index (χ3v) is 2.24. The molecule has 0 aromatic carbocycles. The molecule has 1 amide bonds. The van der Waals surface area contributed by atoms with Crippen molar-refractivity contribution in [1.29, 1.82) is 0 Å². The van der Waals surface area contributed by atoms with Gasteiger partial charge >= 0.3 is 5.97 Å². The molecular weight excluding hydrogens is 210 g/mol. The predicted molar refractivity (Wildman–Crippen MR) is 58.1 cm³/mol. The van der Waals surface area contributed by atoms with E-state index in [-0.39, 0.29) is 18.7 Å². The van der Waals surface area contributed by atoms with Crippen molar-refractivity contribution in [2.24, 2.45) is 0 Å². The monoisotopic (exact) mass is 225 g/mol. The predicted octanol–water partition coefficient (Wildman–Crippen LogP) is 1.01. The molecule has 0 saturated carbocycles. The van der Waals surface area contributed by atoms with Crippen molar-refractivity contribution in [2.75, 3.05) is 5.32 Å². The quantitative estimate of drug-likeness (QED) is 0.783. The lowest BCUT2D eigenvalue weighted by Crippen LogP contribution is -2.13. The molecule has 0 radical (unpaired) electrons. The van der Waals surface area contributed by atoms with Gasteiger partial charge in [0.25, 0.3) is 0 Å². The van der Waals surface area contributed by atoms with Crippen LogP contribution in [0.15, 0.2) is 6.20 Å². The number of aryl methyl sites for hydroxylation is 1. The fourth-order valence-electron chi connectivity index (χ4n) is 1.32. The van der Waals surface area contributed by atoms with Crippen LogP contribution in [0.3, 0.4) is 0 Å². The summed E-state index contributed by atoms with van der Waals surface area (Å²) in [5.74, 6) is -1.28. The van der Waals surface area contributed by atoms with Crippen LogP contribution < -0.4 is 5.32 Å². The molecule has 6 nitrogen and oxygen atoms in total. The van der Waals surface area contributed by atoms with E-state index in [1.807, 2.05) is 13.8 Å². The molecule has 0 unspecified atom stereocenters. The Morgan fingerprint density at radius 3 is 2.69 bits per heavy atom. The van der Waals surface area contributed by atoms with E-state index in [4.69, 9.17) is 5.11 Å². The lowest BCUT2D eigenvalue weighted by molar-refractivity contribution is -0.138. The lowest BCUT2D eigenvalue weighted by atomic mass is 10.3. The van der Waals surface area contributed by atoms with Gasteiger partial charge in [0.05, 0.1) is 24.0 Å². The van der Waals surface area contributed by atoms with E-state index >= 15 is 0 Å². The zero-order chi connectivity index (χ0) is 12.1. The van der Waals surface area contributed by atoms with E-state index in [9.17, 15) is 9.59 Å². The van der Waals surface area contributed by atoms with Gasteiger partial charge in [0.15, 0.2) is 0 Å². The maximum atomic E-state index is 11.4. The van der Waals surface area contributed by atoms with Gasteiger partial charge in [-0.3, -0.25) is 14.3 Å². The first-order valence-corrected chi connectivity index (χ1v) is 5.08. The van der Waals surface area contributed by atoms with Gasteiger partial charge in [0, 0.05) is 13.0 Å². The van der Waals surface area contributed by atoms with E-state index in [0.29, 0.717) is 5.69 Å². The summed E-state index contributed by atoms with van der Waals surface area (Å²) in [6.45, 7) is 4.54. The van der Waals surface area contributed by atoms with Gasteiger partial charge in [0.2, 0.25) is 5.91 Å². The van der Waals surface area contributed by atoms with Crippen molar-refractivity contribution in [1.82, 2.24) is 9.78 Å². The van der Waals surface area contributed by atoms with Gasteiger partial charge in [-0.2, -0.15) is 5.10 Å². The van der Waals surface area contributed by atoms with Crippen LogP contribution in [-0.2, 0) is 16.1 Å². The lowest BCUT2D eigenvalue weighted by Gasteiger charge is -2.04. The second kappa shape index (κ2) is 5.29. The van der Waals surface area contributed by atoms with Crippen LogP contribution >= 0.6 is 0 Å². The van der Waals surface area contributed by atoms with Crippen molar-refractivity contribution in [2.45, 2.75) is 33.2 Å². The Morgan fingerprint density at radius 2 is 2.19 bits per heavy atom. The van der Waals surface area contributed by atoms with Crippen LogP contribution in [0.5, 0.6) is 0 Å². The number of carboxylic acid groups (broad SMARTS) is 1. The first-order valence-electron chi connectivity index (χ1n) is 5.08. The van der Waals surface area contributed by atoms with Gasteiger partial charge in [-0.15, -0.1) is 0 Å². The molecule has 0 aliphatic rings. The molecule has 88 valence electrons. The molecule has 0 bridgehead atoms. The summed E-state index contributed by atoms with van der Waals surface area (Å²) in [5, 5.41) is 15.1. The number of aromatic nitrogens is 2. The maximum absolute atomic E-state index is 11.4. The highest BCUT2D eigenvalue weighted by atomic mass is 16.4. The molecule has 6 heteroatoms. The SMILES string of the molecule is CCn1ncc(NC(=O)CCC(=O)O)c1C. The van der Waals surface area contributed by atoms with E-state index < -0.39 is 5.97 Å². The topological polar surface area (TPSA) is 84.2 Å². The molecular formula is C10H15N3O3. The molecule has 0 atom stereocenters. The Hall–Kier alpha value is -1.85. The average Bonchev–Trinajstić information content (AvgIpc) is 2.57. The Bertz CT molecular complexity index is 398. The second-order valence-corrected chi connectivity index (χ2v) is 3.40. The molecule has 1 aromatic rings. The zero-order valence-electron chi connectivity index (χ0n) is 9.36. The fraction of sp³-hybridized carbons (Fsp3) is 0.500. The Labute approximate surface area is 93.3 Å². The minimum absolute atomic E-state index is 0.0217. The molecule has 1 rings (SSSR count). The minimum atomic E-state index is -0.976. The highest BCUT2D eigenvalue weighted by Crippen LogP contribution is 2.13. The third kappa shape index (κ3) is 3.08. The minimum Gasteiger partial charge on any atom is -0.481 e. The summed E-state index contributed by atoms with van der Waals surface area (Å²) in [5.41, 5.74) is 1.50. The number of rotatable bonds is 5. The van der Waals surface area contributed by atoms with Gasteiger partial charge in [0.1, 0.15) is 0 Å². The third-order valence-electron chi connectivity index (χ3n) is 2.24. The second-order valence-electron chi connectivity index (χ2n) is 3.40. The summed E-state index contributed by atoms with van der Waals surface area (Å²) in [4.78, 5) is 21.6. The first kappa shape index (κ1) is 12.2. The highest BCUT2D eigenvalue weighted by molar-refractivity contribution is 5.92. The van der Waals surface area contributed by atoms with E-state index in [1.54, 1.807) is 10.9 Å². The molecule has 16 heavy (non-hydrogen) atoms. The number of carboxylic acids is 1. The van der Waals surface area contributed by atoms with Gasteiger partial charge in [-0.1, -0.05) is 0 Å². The van der Waals surface area contributed by atoms with Gasteiger partial charge in [-0.05, 0) is 13.8 Å². The first-order chi connectivity index (χ1) is 7.54. The Kier molecular flexibility index (Phi) is 4.04. The van der Waals surface area contributed by atoms with Crippen LogP contribution in [0.2, 0.25) is 0 Å². The van der Waals surface area contributed by atoms with E-state index in [1.165, 1.54) is 0 Å². The number of amides is 1.